The van der Waals surface area contributed by atoms with Crippen LogP contribution in [0, 0.1) is 0 Å². The number of hydrogen-bond acceptors (Lipinski definition) is 7. The number of hydrogen-bond donors (Lipinski definition) is 2. The molecule has 3 aliphatic heterocycles. The maximum atomic E-state index is 13.2. The summed E-state index contributed by atoms with van der Waals surface area (Å²) in [5.74, 6) is -0.680. The molecule has 2 aromatic rings. The van der Waals surface area contributed by atoms with Crippen molar-refractivity contribution in [2.45, 2.75) is 75.8 Å². The van der Waals surface area contributed by atoms with E-state index in [-0.39, 0.29) is 17.6 Å². The van der Waals surface area contributed by atoms with Crippen LogP contribution in [0.2, 0.25) is 0 Å². The molecule has 2 N–H and O–H groups in total. The standard InChI is InChI=1S/C30H38F3N3O5/c31-30(32,33)41-26-10-8-21(22-12-16-39-19-22)17-25(26)27(29(37)38)36-14-11-24(18-36)40-15-3-1-2-6-23-9-7-20-5-4-13-34-28(20)35-23/h7-10,17,22,24,27H,1-6,11-16,18-19H2,(H,34,35)(H,37,38)/t22?,24-,27-/m1/s1. The van der Waals surface area contributed by atoms with Crippen molar-refractivity contribution < 1.29 is 37.3 Å². The molecule has 8 nitrogen and oxygen atoms in total. The molecule has 224 valence electrons. The quantitative estimate of drug-likeness (QED) is 0.321. The number of anilines is 1. The van der Waals surface area contributed by atoms with Crippen molar-refractivity contribution in [3.05, 3.63) is 52.7 Å². The summed E-state index contributed by atoms with van der Waals surface area (Å²) >= 11 is 0. The van der Waals surface area contributed by atoms with Gasteiger partial charge < -0.3 is 24.6 Å². The van der Waals surface area contributed by atoms with Crippen molar-refractivity contribution in [1.29, 1.82) is 0 Å². The van der Waals surface area contributed by atoms with E-state index >= 15 is 0 Å². The van der Waals surface area contributed by atoms with Crippen LogP contribution in [0.1, 0.15) is 72.9 Å². The molecule has 0 amide bonds. The van der Waals surface area contributed by atoms with Crippen LogP contribution in [-0.4, -0.2) is 72.9 Å². The van der Waals surface area contributed by atoms with Gasteiger partial charge >= 0.3 is 12.3 Å². The number of halogens is 3. The highest BCUT2D eigenvalue weighted by molar-refractivity contribution is 5.77. The minimum atomic E-state index is -4.93. The molecular weight excluding hydrogens is 539 g/mol. The van der Waals surface area contributed by atoms with E-state index in [2.05, 4.69) is 22.2 Å². The average Bonchev–Trinajstić information content (AvgIpc) is 3.64. The van der Waals surface area contributed by atoms with E-state index in [1.165, 1.54) is 11.6 Å². The number of pyridine rings is 1. The number of rotatable bonds is 12. The highest BCUT2D eigenvalue weighted by Gasteiger charge is 2.39. The van der Waals surface area contributed by atoms with Crippen molar-refractivity contribution in [2.75, 3.05) is 44.8 Å². The molecular formula is C30H38F3N3O5. The molecule has 3 atom stereocenters. The second kappa shape index (κ2) is 13.4. The van der Waals surface area contributed by atoms with Gasteiger partial charge in [0.15, 0.2) is 0 Å². The third kappa shape index (κ3) is 7.90. The van der Waals surface area contributed by atoms with Gasteiger partial charge in [-0.1, -0.05) is 18.6 Å². The van der Waals surface area contributed by atoms with E-state index in [1.807, 2.05) is 0 Å². The smallest absolute Gasteiger partial charge is 0.480 e. The minimum Gasteiger partial charge on any atom is -0.480 e. The fourth-order valence-electron chi connectivity index (χ4n) is 6.00. The van der Waals surface area contributed by atoms with Crippen molar-refractivity contribution >= 4 is 11.8 Å². The average molecular weight is 578 g/mol. The largest absolute Gasteiger partial charge is 0.573 e. The molecule has 3 aliphatic rings. The number of nitrogens with one attached hydrogen (secondary N) is 1. The van der Waals surface area contributed by atoms with Crippen LogP contribution in [0.4, 0.5) is 19.0 Å². The van der Waals surface area contributed by atoms with Gasteiger partial charge in [0.25, 0.3) is 0 Å². The number of carbonyl (C=O) groups is 1. The molecule has 1 aromatic carbocycles. The summed E-state index contributed by atoms with van der Waals surface area (Å²) in [6.45, 7) is 3.27. The van der Waals surface area contributed by atoms with Crippen LogP contribution in [-0.2, 0) is 27.1 Å². The fraction of sp³-hybridized carbons (Fsp3) is 0.600. The van der Waals surface area contributed by atoms with Crippen LogP contribution >= 0.6 is 0 Å². The molecule has 0 bridgehead atoms. The second-order valence-electron chi connectivity index (χ2n) is 11.1. The van der Waals surface area contributed by atoms with Gasteiger partial charge in [-0.3, -0.25) is 9.69 Å². The van der Waals surface area contributed by atoms with Crippen LogP contribution < -0.4 is 10.1 Å². The van der Waals surface area contributed by atoms with Crippen molar-refractivity contribution in [1.82, 2.24) is 9.88 Å². The molecule has 1 aromatic heterocycles. The van der Waals surface area contributed by atoms with Gasteiger partial charge in [-0.05, 0) is 74.3 Å². The number of unbranched alkanes of at least 4 members (excludes halogenated alkanes) is 2. The number of benzene rings is 1. The Labute approximate surface area is 238 Å². The number of aromatic nitrogens is 1. The van der Waals surface area contributed by atoms with Gasteiger partial charge in [-0.25, -0.2) is 4.98 Å². The monoisotopic (exact) mass is 577 g/mol. The lowest BCUT2D eigenvalue weighted by Gasteiger charge is -2.27. The molecule has 0 radical (unpaired) electrons. The Morgan fingerprint density at radius 2 is 2.07 bits per heavy atom. The van der Waals surface area contributed by atoms with Gasteiger partial charge in [-0.2, -0.15) is 0 Å². The summed E-state index contributed by atoms with van der Waals surface area (Å²) in [5.41, 5.74) is 3.13. The molecule has 2 saturated heterocycles. The Morgan fingerprint density at radius 3 is 2.85 bits per heavy atom. The second-order valence-corrected chi connectivity index (χ2v) is 11.1. The number of nitrogens with zero attached hydrogens (tertiary/aromatic N) is 2. The first-order valence-electron chi connectivity index (χ1n) is 14.6. The minimum absolute atomic E-state index is 0.00543. The summed E-state index contributed by atoms with van der Waals surface area (Å²) in [5, 5.41) is 13.5. The SMILES string of the molecule is O=C(O)[C@@H](c1cc(C2CCOC2)ccc1OC(F)(F)F)N1CC[C@@H](OCCCCCc2ccc3c(n2)NCCC3)C1. The number of carboxylic acids is 1. The van der Waals surface area contributed by atoms with E-state index in [1.54, 1.807) is 17.0 Å². The summed E-state index contributed by atoms with van der Waals surface area (Å²) in [4.78, 5) is 18.8. The normalized spacial score (nSPS) is 21.8. The summed E-state index contributed by atoms with van der Waals surface area (Å²) in [7, 11) is 0. The zero-order valence-electron chi connectivity index (χ0n) is 23.1. The lowest BCUT2D eigenvalue weighted by Crippen LogP contribution is -2.34. The highest BCUT2D eigenvalue weighted by atomic mass is 19.4. The Hall–Kier alpha value is -2.89. The third-order valence-electron chi connectivity index (χ3n) is 8.11. The number of aryl methyl sites for hydroxylation is 2. The highest BCUT2D eigenvalue weighted by Crippen LogP contribution is 2.38. The van der Waals surface area contributed by atoms with E-state index in [9.17, 15) is 23.1 Å². The number of likely N-dealkylation sites (tertiary alicyclic amines) is 1. The fourth-order valence-corrected chi connectivity index (χ4v) is 6.00. The lowest BCUT2D eigenvalue weighted by molar-refractivity contribution is -0.275. The summed E-state index contributed by atoms with van der Waals surface area (Å²) in [6, 6.07) is 7.34. The van der Waals surface area contributed by atoms with Gasteiger partial charge in [0.2, 0.25) is 0 Å². The van der Waals surface area contributed by atoms with E-state index in [0.717, 1.165) is 68.6 Å². The molecule has 41 heavy (non-hydrogen) atoms. The van der Waals surface area contributed by atoms with Crippen LogP contribution in [0.25, 0.3) is 0 Å². The van der Waals surface area contributed by atoms with E-state index < -0.39 is 24.1 Å². The predicted octanol–water partition coefficient (Wildman–Crippen LogP) is 5.47. The zero-order chi connectivity index (χ0) is 28.8. The number of aliphatic carboxylic acids is 1. The number of ether oxygens (including phenoxy) is 3. The van der Waals surface area contributed by atoms with Crippen molar-refractivity contribution in [2.24, 2.45) is 0 Å². The Balaban J connectivity index is 1.13. The summed E-state index contributed by atoms with van der Waals surface area (Å²) in [6.07, 6.45) is 2.21. The van der Waals surface area contributed by atoms with Gasteiger partial charge in [0.05, 0.1) is 12.7 Å². The van der Waals surface area contributed by atoms with Gasteiger partial charge in [0, 0.05) is 50.0 Å². The molecule has 4 heterocycles. The van der Waals surface area contributed by atoms with Crippen LogP contribution in [0.15, 0.2) is 30.3 Å². The van der Waals surface area contributed by atoms with Gasteiger partial charge in [0.1, 0.15) is 17.6 Å². The van der Waals surface area contributed by atoms with Crippen molar-refractivity contribution in [3.8, 4) is 5.75 Å². The number of alkyl halides is 3. The first kappa shape index (κ1) is 29.6. The summed E-state index contributed by atoms with van der Waals surface area (Å²) < 4.78 is 55.3. The first-order valence-corrected chi connectivity index (χ1v) is 14.6. The van der Waals surface area contributed by atoms with Crippen LogP contribution in [0.5, 0.6) is 5.75 Å². The first-order chi connectivity index (χ1) is 19.8. The van der Waals surface area contributed by atoms with E-state index in [4.69, 9.17) is 14.5 Å². The Morgan fingerprint density at radius 1 is 1.20 bits per heavy atom. The Kier molecular flexibility index (Phi) is 9.67. The molecule has 0 aliphatic carbocycles. The maximum Gasteiger partial charge on any atom is 0.573 e. The number of carboxylic acid groups (broad SMARTS) is 1. The van der Waals surface area contributed by atoms with E-state index in [0.29, 0.717) is 39.3 Å². The molecule has 5 rings (SSSR count). The Bertz CT molecular complexity index is 1190. The molecule has 0 spiro atoms. The third-order valence-corrected chi connectivity index (χ3v) is 8.11. The topological polar surface area (TPSA) is 93.2 Å². The molecule has 1 unspecified atom stereocenters. The maximum absolute atomic E-state index is 13.2. The zero-order valence-corrected chi connectivity index (χ0v) is 23.1. The van der Waals surface area contributed by atoms with Crippen molar-refractivity contribution in [3.63, 3.8) is 0 Å². The molecule has 0 saturated carbocycles. The lowest BCUT2D eigenvalue weighted by atomic mass is 9.93. The van der Waals surface area contributed by atoms with Crippen LogP contribution in [0.3, 0.4) is 0 Å². The van der Waals surface area contributed by atoms with Gasteiger partial charge in [-0.15, -0.1) is 13.2 Å². The predicted molar refractivity (Wildman–Crippen MR) is 146 cm³/mol. The molecule has 2 fully saturated rings. The molecule has 11 heteroatoms. The number of fused-ring (bicyclic) bond motifs is 1.